The Balaban J connectivity index is 2.23. The molecule has 15 N–H and O–H groups in total. The highest BCUT2D eigenvalue weighted by atomic mass is 32.1. The summed E-state index contributed by atoms with van der Waals surface area (Å²) in [4.78, 5) is 121. The van der Waals surface area contributed by atoms with Gasteiger partial charge in [-0.2, -0.15) is 12.6 Å². The Morgan fingerprint density at radius 1 is 0.500 bits per heavy atom. The van der Waals surface area contributed by atoms with Gasteiger partial charge in [0.15, 0.2) is 0 Å². The standard InChI is InChI=1S/C44H74N12O11S/c1-29(53-38(61)14-9-13-37(60)52-27-42(65)49-21-7-4-6-12-40(63)56-34(28-68)43(46)66)47-23-24-48-30(2)54-39(62)15-10-16-41(64)55-33(25-31-17-19-32(57)20-18-31)44(67)50-22-8-3-5-11-36(59)51-26-35(45)58/h17-20,29-30,33-34,47-48,57,68H,3-16,21-28H2,1-2H3,(H2,45,58)(H2,46,66)(H,49,65)(H,50,67)(H,51,59)(H,52,60)(H,53,61)(H,54,62)(H,55,64)(H,56,63)/t29?,30-,33+,34+/m1/s1. The molecule has 0 radical (unpaired) electrons. The summed E-state index contributed by atoms with van der Waals surface area (Å²) in [6.45, 7) is 4.70. The van der Waals surface area contributed by atoms with E-state index >= 15 is 0 Å². The molecule has 0 fully saturated rings. The van der Waals surface area contributed by atoms with Gasteiger partial charge in [-0.3, -0.25) is 58.6 Å². The van der Waals surface area contributed by atoms with Crippen molar-refractivity contribution in [3.05, 3.63) is 29.8 Å². The Morgan fingerprint density at radius 3 is 1.44 bits per heavy atom. The number of aromatic hydroxyl groups is 1. The van der Waals surface area contributed by atoms with E-state index < -0.39 is 41.9 Å². The molecule has 382 valence electrons. The van der Waals surface area contributed by atoms with Crippen molar-refractivity contribution in [2.24, 2.45) is 11.5 Å². The Bertz CT molecular complexity index is 1770. The topological polar surface area (TPSA) is 363 Å². The lowest BCUT2D eigenvalue weighted by molar-refractivity contribution is -0.129. The van der Waals surface area contributed by atoms with Crippen LogP contribution in [0, 0.1) is 0 Å². The van der Waals surface area contributed by atoms with Gasteiger partial charge in [-0.05, 0) is 70.1 Å². The van der Waals surface area contributed by atoms with E-state index in [9.17, 15) is 53.1 Å². The number of carbonyl (C=O) groups is 10. The molecule has 1 aromatic rings. The first kappa shape index (κ1) is 60.0. The van der Waals surface area contributed by atoms with Gasteiger partial charge in [0, 0.05) is 76.9 Å². The number of unbranched alkanes of at least 4 members (excludes halogenated alkanes) is 4. The first-order chi connectivity index (χ1) is 32.4. The van der Waals surface area contributed by atoms with Crippen molar-refractivity contribution in [2.75, 3.05) is 45.0 Å². The monoisotopic (exact) mass is 979 g/mol. The van der Waals surface area contributed by atoms with Crippen molar-refractivity contribution in [3.63, 3.8) is 0 Å². The van der Waals surface area contributed by atoms with Crippen LogP contribution in [0.5, 0.6) is 5.75 Å². The average molecular weight is 979 g/mol. The largest absolute Gasteiger partial charge is 0.508 e. The summed E-state index contributed by atoms with van der Waals surface area (Å²) >= 11 is 3.98. The Kier molecular flexibility index (Phi) is 31.8. The number of hydrogen-bond acceptors (Lipinski definition) is 14. The molecular formula is C44H74N12O11S. The van der Waals surface area contributed by atoms with Crippen molar-refractivity contribution < 1.29 is 53.1 Å². The number of rotatable bonds is 38. The molecule has 1 rings (SSSR count). The van der Waals surface area contributed by atoms with Crippen molar-refractivity contribution in [1.29, 1.82) is 0 Å². The maximum atomic E-state index is 13.1. The van der Waals surface area contributed by atoms with Gasteiger partial charge in [-0.15, -0.1) is 0 Å². The number of phenols is 1. The first-order valence-corrected chi connectivity index (χ1v) is 23.7. The van der Waals surface area contributed by atoms with Gasteiger partial charge in [-0.25, -0.2) is 0 Å². The van der Waals surface area contributed by atoms with E-state index in [2.05, 4.69) is 65.8 Å². The number of thiol groups is 1. The fourth-order valence-corrected chi connectivity index (χ4v) is 6.55. The van der Waals surface area contributed by atoms with Gasteiger partial charge in [0.1, 0.15) is 17.8 Å². The van der Waals surface area contributed by atoms with Crippen LogP contribution in [0.15, 0.2) is 24.3 Å². The van der Waals surface area contributed by atoms with Crippen LogP contribution in [0.3, 0.4) is 0 Å². The predicted molar refractivity (Wildman–Crippen MR) is 256 cm³/mol. The summed E-state index contributed by atoms with van der Waals surface area (Å²) in [6, 6.07) is 4.56. The van der Waals surface area contributed by atoms with Gasteiger partial charge in [0.25, 0.3) is 0 Å². The molecule has 0 saturated heterocycles. The minimum Gasteiger partial charge on any atom is -0.508 e. The number of nitrogens with two attached hydrogens (primary N) is 2. The van der Waals surface area contributed by atoms with E-state index in [1.807, 2.05) is 0 Å². The fraction of sp³-hybridized carbons (Fsp3) is 0.636. The summed E-state index contributed by atoms with van der Waals surface area (Å²) in [5.41, 5.74) is 10.9. The van der Waals surface area contributed by atoms with Crippen molar-refractivity contribution in [1.82, 2.24) is 53.2 Å². The van der Waals surface area contributed by atoms with Gasteiger partial charge in [-0.1, -0.05) is 25.0 Å². The molecule has 0 spiro atoms. The molecule has 10 amide bonds. The van der Waals surface area contributed by atoms with Crippen LogP contribution < -0.4 is 64.6 Å². The van der Waals surface area contributed by atoms with E-state index in [1.165, 1.54) is 12.1 Å². The van der Waals surface area contributed by atoms with Crippen LogP contribution >= 0.6 is 12.6 Å². The lowest BCUT2D eigenvalue weighted by Crippen LogP contribution is -2.49. The average Bonchev–Trinajstić information content (AvgIpc) is 3.28. The summed E-state index contributed by atoms with van der Waals surface area (Å²) in [6.07, 6.45) is 4.23. The third-order valence-corrected chi connectivity index (χ3v) is 10.3. The van der Waals surface area contributed by atoms with Gasteiger partial charge >= 0.3 is 0 Å². The number of phenolic OH excluding ortho intramolecular Hbond substituents is 1. The quantitative estimate of drug-likeness (QED) is 0.0191. The molecule has 0 bridgehead atoms. The lowest BCUT2D eigenvalue weighted by Gasteiger charge is -2.19. The zero-order chi connectivity index (χ0) is 50.7. The van der Waals surface area contributed by atoms with Gasteiger partial charge < -0.3 is 59.1 Å². The second kappa shape index (κ2) is 36.1. The number of hydrogen-bond donors (Lipinski definition) is 14. The molecule has 24 heteroatoms. The third-order valence-electron chi connectivity index (χ3n) is 9.97. The number of nitrogens with one attached hydrogen (secondary N) is 10. The molecule has 68 heavy (non-hydrogen) atoms. The number of carbonyl (C=O) groups excluding carboxylic acids is 10. The van der Waals surface area contributed by atoms with E-state index in [0.29, 0.717) is 70.3 Å². The normalized spacial score (nSPS) is 12.5. The van der Waals surface area contributed by atoms with Gasteiger partial charge in [0.05, 0.1) is 25.4 Å². The van der Waals surface area contributed by atoms with Crippen LogP contribution in [-0.4, -0.2) is 134 Å². The zero-order valence-corrected chi connectivity index (χ0v) is 40.2. The van der Waals surface area contributed by atoms with Crippen molar-refractivity contribution >= 4 is 71.7 Å². The molecule has 4 atom stereocenters. The highest BCUT2D eigenvalue weighted by molar-refractivity contribution is 7.80. The van der Waals surface area contributed by atoms with E-state index in [1.54, 1.807) is 26.0 Å². The van der Waals surface area contributed by atoms with Crippen molar-refractivity contribution in [2.45, 2.75) is 135 Å². The Hall–Kier alpha value is -6.01. The predicted octanol–water partition coefficient (Wildman–Crippen LogP) is -2.17. The van der Waals surface area contributed by atoms with E-state index in [-0.39, 0.29) is 124 Å². The summed E-state index contributed by atoms with van der Waals surface area (Å²) in [7, 11) is 0. The van der Waals surface area contributed by atoms with Crippen LogP contribution in [0.4, 0.5) is 0 Å². The highest BCUT2D eigenvalue weighted by Crippen LogP contribution is 2.12. The molecule has 1 aromatic carbocycles. The molecule has 0 aliphatic heterocycles. The number of primary amides is 2. The van der Waals surface area contributed by atoms with Crippen LogP contribution in [-0.2, 0) is 54.4 Å². The fourth-order valence-electron chi connectivity index (χ4n) is 6.28. The van der Waals surface area contributed by atoms with E-state index in [0.717, 1.165) is 0 Å². The molecular weight excluding hydrogens is 905 g/mol. The molecule has 0 saturated carbocycles. The number of benzene rings is 1. The van der Waals surface area contributed by atoms with Crippen molar-refractivity contribution in [3.8, 4) is 5.75 Å². The lowest BCUT2D eigenvalue weighted by atomic mass is 10.0. The molecule has 0 aliphatic rings. The summed E-state index contributed by atoms with van der Waals surface area (Å²) in [5, 5.41) is 37.3. The third kappa shape index (κ3) is 31.8. The minimum atomic E-state index is -0.906. The Morgan fingerprint density at radius 2 is 0.941 bits per heavy atom. The van der Waals surface area contributed by atoms with E-state index in [4.69, 9.17) is 11.5 Å². The zero-order valence-electron chi connectivity index (χ0n) is 39.3. The maximum Gasteiger partial charge on any atom is 0.242 e. The molecule has 0 aliphatic carbocycles. The second-order valence-electron chi connectivity index (χ2n) is 16.2. The highest BCUT2D eigenvalue weighted by Gasteiger charge is 2.22. The molecule has 1 unspecified atom stereocenters. The van der Waals surface area contributed by atoms with Crippen LogP contribution in [0.2, 0.25) is 0 Å². The van der Waals surface area contributed by atoms with Crippen LogP contribution in [0.1, 0.15) is 109 Å². The first-order valence-electron chi connectivity index (χ1n) is 23.1. The maximum absolute atomic E-state index is 13.1. The summed E-state index contributed by atoms with van der Waals surface area (Å²) < 4.78 is 0. The minimum absolute atomic E-state index is 0.00107. The number of amides is 10. The SMILES string of the molecule is CC(NCCN[C@@H](C)NC(=O)CCCC(=O)N[C@@H](Cc1ccc(O)cc1)C(=O)NCCCCCC(=O)NCC(N)=O)NC(=O)CCCC(=O)NCC(=O)NCCCCCC(=O)N[C@@H](CS)C(N)=O. The molecule has 0 heterocycles. The van der Waals surface area contributed by atoms with Gasteiger partial charge in [0.2, 0.25) is 59.1 Å². The molecule has 0 aromatic heterocycles. The van der Waals surface area contributed by atoms with Crippen LogP contribution in [0.25, 0.3) is 0 Å². The Labute approximate surface area is 403 Å². The second-order valence-corrected chi connectivity index (χ2v) is 16.5. The molecule has 23 nitrogen and oxygen atoms in total. The smallest absolute Gasteiger partial charge is 0.242 e. The summed E-state index contributed by atoms with van der Waals surface area (Å²) in [5.74, 6) is -3.75.